The van der Waals surface area contributed by atoms with Gasteiger partial charge in [-0.25, -0.2) is 4.39 Å². The lowest BCUT2D eigenvalue weighted by molar-refractivity contribution is -0.127. The minimum absolute atomic E-state index is 0.0344. The van der Waals surface area contributed by atoms with Crippen molar-refractivity contribution >= 4 is 5.91 Å². The number of para-hydroxylation sites is 1. The molecule has 1 heterocycles. The first-order valence-corrected chi connectivity index (χ1v) is 8.59. The van der Waals surface area contributed by atoms with Crippen molar-refractivity contribution in [2.45, 2.75) is 19.3 Å². The van der Waals surface area contributed by atoms with Crippen LogP contribution in [0.1, 0.15) is 18.4 Å². The van der Waals surface area contributed by atoms with Gasteiger partial charge in [0.05, 0.1) is 0 Å². The van der Waals surface area contributed by atoms with Gasteiger partial charge in [-0.15, -0.1) is 0 Å². The van der Waals surface area contributed by atoms with E-state index in [2.05, 4.69) is 5.32 Å². The maximum Gasteiger partial charge on any atom is 0.223 e. The van der Waals surface area contributed by atoms with E-state index in [9.17, 15) is 9.18 Å². The minimum atomic E-state index is -0.405. The second-order valence-electron chi connectivity index (χ2n) is 6.11. The zero-order chi connectivity index (χ0) is 17.5. The van der Waals surface area contributed by atoms with Crippen molar-refractivity contribution in [2.24, 2.45) is 5.92 Å². The van der Waals surface area contributed by atoms with Crippen LogP contribution in [0.15, 0.2) is 48.5 Å². The predicted octanol–water partition coefficient (Wildman–Crippen LogP) is 3.70. The van der Waals surface area contributed by atoms with Gasteiger partial charge in [0.1, 0.15) is 5.75 Å². The Morgan fingerprint density at radius 2 is 1.92 bits per heavy atom. The van der Waals surface area contributed by atoms with Crippen molar-refractivity contribution in [3.05, 3.63) is 59.9 Å². The summed E-state index contributed by atoms with van der Waals surface area (Å²) in [6, 6.07) is 14.0. The Balaban J connectivity index is 1.50. The molecule has 0 aromatic heterocycles. The second-order valence-corrected chi connectivity index (χ2v) is 6.11. The summed E-state index contributed by atoms with van der Waals surface area (Å²) in [7, 11) is 0. The maximum absolute atomic E-state index is 14.2. The number of hydrogen-bond acceptors (Lipinski definition) is 3. The molecule has 5 heteroatoms. The first-order valence-electron chi connectivity index (χ1n) is 8.59. The molecule has 132 valence electrons. The van der Waals surface area contributed by atoms with Gasteiger partial charge in [0.2, 0.25) is 5.91 Å². The molecule has 2 aromatic rings. The average Bonchev–Trinajstić information content (AvgIpc) is 2.65. The van der Waals surface area contributed by atoms with E-state index in [1.165, 1.54) is 6.07 Å². The molecular weight excluding hydrogens is 321 g/mol. The van der Waals surface area contributed by atoms with Crippen LogP contribution in [0.5, 0.6) is 11.5 Å². The molecule has 4 nitrogen and oxygen atoms in total. The van der Waals surface area contributed by atoms with Gasteiger partial charge in [0, 0.05) is 25.7 Å². The highest BCUT2D eigenvalue weighted by Gasteiger charge is 2.20. The summed E-state index contributed by atoms with van der Waals surface area (Å²) in [5.74, 6) is 0.483. The van der Waals surface area contributed by atoms with Crippen LogP contribution in [-0.2, 0) is 16.0 Å². The molecular formula is C20H22FNO3. The molecule has 1 aliphatic rings. The zero-order valence-corrected chi connectivity index (χ0v) is 14.0. The first kappa shape index (κ1) is 17.4. The van der Waals surface area contributed by atoms with E-state index in [0.717, 1.165) is 18.4 Å². The summed E-state index contributed by atoms with van der Waals surface area (Å²) in [5.41, 5.74) is 0.824. The topological polar surface area (TPSA) is 47.6 Å². The SMILES string of the molecule is O=C(NCCc1ccc(Oc2ccccc2)c(F)c1)C1CCOCC1. The van der Waals surface area contributed by atoms with E-state index in [4.69, 9.17) is 9.47 Å². The molecule has 2 aromatic carbocycles. The largest absolute Gasteiger partial charge is 0.454 e. The molecule has 0 radical (unpaired) electrons. The van der Waals surface area contributed by atoms with Gasteiger partial charge < -0.3 is 14.8 Å². The molecule has 25 heavy (non-hydrogen) atoms. The Labute approximate surface area is 147 Å². The summed E-state index contributed by atoms with van der Waals surface area (Å²) in [6.07, 6.45) is 2.12. The minimum Gasteiger partial charge on any atom is -0.454 e. The van der Waals surface area contributed by atoms with Crippen molar-refractivity contribution in [1.29, 1.82) is 0 Å². The van der Waals surface area contributed by atoms with Crippen LogP contribution in [0.2, 0.25) is 0 Å². The Hall–Kier alpha value is -2.40. The predicted molar refractivity (Wildman–Crippen MR) is 93.2 cm³/mol. The monoisotopic (exact) mass is 343 g/mol. The average molecular weight is 343 g/mol. The van der Waals surface area contributed by atoms with E-state index in [1.807, 2.05) is 24.3 Å². The van der Waals surface area contributed by atoms with Crippen molar-refractivity contribution in [3.8, 4) is 11.5 Å². The Kier molecular flexibility index (Phi) is 6.01. The smallest absolute Gasteiger partial charge is 0.223 e. The van der Waals surface area contributed by atoms with Crippen LogP contribution in [0, 0.1) is 11.7 Å². The number of ether oxygens (including phenoxy) is 2. The van der Waals surface area contributed by atoms with Crippen molar-refractivity contribution in [1.82, 2.24) is 5.32 Å². The number of rotatable bonds is 6. The highest BCUT2D eigenvalue weighted by molar-refractivity contribution is 5.78. The molecule has 0 aliphatic carbocycles. The number of hydrogen-bond donors (Lipinski definition) is 1. The van der Waals surface area contributed by atoms with Crippen LogP contribution in [0.25, 0.3) is 0 Å². The number of nitrogens with one attached hydrogen (secondary N) is 1. The number of carbonyl (C=O) groups is 1. The number of halogens is 1. The first-order chi connectivity index (χ1) is 12.2. The third-order valence-corrected chi connectivity index (χ3v) is 4.27. The van der Waals surface area contributed by atoms with Gasteiger partial charge in [-0.3, -0.25) is 4.79 Å². The lowest BCUT2D eigenvalue weighted by Gasteiger charge is -2.21. The molecule has 1 saturated heterocycles. The van der Waals surface area contributed by atoms with Crippen LogP contribution < -0.4 is 10.1 Å². The molecule has 1 amide bonds. The van der Waals surface area contributed by atoms with E-state index < -0.39 is 5.82 Å². The number of benzene rings is 2. The summed E-state index contributed by atoms with van der Waals surface area (Å²) >= 11 is 0. The van der Waals surface area contributed by atoms with Gasteiger partial charge >= 0.3 is 0 Å². The van der Waals surface area contributed by atoms with Crippen LogP contribution in [0.3, 0.4) is 0 Å². The molecule has 0 unspecified atom stereocenters. The molecule has 1 N–H and O–H groups in total. The molecule has 1 fully saturated rings. The Bertz CT molecular complexity index is 699. The van der Waals surface area contributed by atoms with E-state index >= 15 is 0 Å². The number of amides is 1. The van der Waals surface area contributed by atoms with Gasteiger partial charge in [0.15, 0.2) is 11.6 Å². The van der Waals surface area contributed by atoms with Crippen LogP contribution in [0.4, 0.5) is 4.39 Å². The summed E-state index contributed by atoms with van der Waals surface area (Å²) in [6.45, 7) is 1.78. The fraction of sp³-hybridized carbons (Fsp3) is 0.350. The van der Waals surface area contributed by atoms with Crippen molar-refractivity contribution in [3.63, 3.8) is 0 Å². The standard InChI is InChI=1S/C20H22FNO3/c21-18-14-15(6-7-19(18)25-17-4-2-1-3-5-17)8-11-22-20(23)16-9-12-24-13-10-16/h1-7,14,16H,8-13H2,(H,22,23). The highest BCUT2D eigenvalue weighted by Crippen LogP contribution is 2.25. The quantitative estimate of drug-likeness (QED) is 0.870. The fourth-order valence-electron chi connectivity index (χ4n) is 2.83. The molecule has 0 bridgehead atoms. The number of carbonyl (C=O) groups excluding carboxylic acids is 1. The fourth-order valence-corrected chi connectivity index (χ4v) is 2.83. The molecule has 3 rings (SSSR count). The summed E-state index contributed by atoms with van der Waals surface area (Å²) < 4.78 is 25.0. The summed E-state index contributed by atoms with van der Waals surface area (Å²) in [5, 5.41) is 2.93. The third-order valence-electron chi connectivity index (χ3n) is 4.27. The van der Waals surface area contributed by atoms with Gasteiger partial charge in [-0.05, 0) is 49.1 Å². The van der Waals surface area contributed by atoms with Gasteiger partial charge in [-0.2, -0.15) is 0 Å². The van der Waals surface area contributed by atoms with Crippen molar-refractivity contribution < 1.29 is 18.7 Å². The summed E-state index contributed by atoms with van der Waals surface area (Å²) in [4.78, 5) is 12.1. The Morgan fingerprint density at radius 3 is 2.64 bits per heavy atom. The van der Waals surface area contributed by atoms with E-state index in [-0.39, 0.29) is 17.6 Å². The van der Waals surface area contributed by atoms with Crippen LogP contribution >= 0.6 is 0 Å². The maximum atomic E-state index is 14.2. The van der Waals surface area contributed by atoms with E-state index in [0.29, 0.717) is 31.9 Å². The normalized spacial score (nSPS) is 14.9. The van der Waals surface area contributed by atoms with Crippen molar-refractivity contribution in [2.75, 3.05) is 19.8 Å². The van der Waals surface area contributed by atoms with Crippen LogP contribution in [-0.4, -0.2) is 25.7 Å². The van der Waals surface area contributed by atoms with Gasteiger partial charge in [0.25, 0.3) is 0 Å². The molecule has 0 spiro atoms. The van der Waals surface area contributed by atoms with Gasteiger partial charge in [-0.1, -0.05) is 24.3 Å². The third kappa shape index (κ3) is 5.03. The second kappa shape index (κ2) is 8.62. The lowest BCUT2D eigenvalue weighted by Crippen LogP contribution is -2.35. The highest BCUT2D eigenvalue weighted by atomic mass is 19.1. The Morgan fingerprint density at radius 1 is 1.16 bits per heavy atom. The zero-order valence-electron chi connectivity index (χ0n) is 14.0. The molecule has 1 aliphatic heterocycles. The van der Waals surface area contributed by atoms with E-state index in [1.54, 1.807) is 18.2 Å². The molecule has 0 atom stereocenters. The molecule has 0 saturated carbocycles. The lowest BCUT2D eigenvalue weighted by atomic mass is 9.99.